The number of hydrogen-bond donors (Lipinski definition) is 2. The zero-order valence-electron chi connectivity index (χ0n) is 15.3. The van der Waals surface area contributed by atoms with Gasteiger partial charge < -0.3 is 10.5 Å². The second-order valence-electron chi connectivity index (χ2n) is 6.10. The van der Waals surface area contributed by atoms with Crippen LogP contribution in [0.2, 0.25) is 0 Å². The predicted molar refractivity (Wildman–Crippen MR) is 104 cm³/mol. The molecule has 10 heteroatoms. The highest BCUT2D eigenvalue weighted by Gasteiger charge is 2.30. The Bertz CT molecular complexity index is 986. The fraction of sp³-hybridized carbons (Fsp3) is 0.211. The number of pyridine rings is 1. The van der Waals surface area contributed by atoms with Crippen LogP contribution in [0.1, 0.15) is 18.9 Å². The van der Waals surface area contributed by atoms with Gasteiger partial charge in [-0.15, -0.1) is 0 Å². The van der Waals surface area contributed by atoms with E-state index in [1.165, 1.54) is 35.9 Å². The highest BCUT2D eigenvalue weighted by molar-refractivity contribution is 7.19. The molecule has 152 valence electrons. The molecule has 3 aromatic rings. The summed E-state index contributed by atoms with van der Waals surface area (Å²) in [5.74, 6) is 0. The monoisotopic (exact) mass is 422 g/mol. The van der Waals surface area contributed by atoms with E-state index in [9.17, 15) is 23.2 Å². The van der Waals surface area contributed by atoms with Crippen LogP contribution in [-0.4, -0.2) is 17.6 Å². The van der Waals surface area contributed by atoms with E-state index in [1.54, 1.807) is 12.1 Å². The van der Waals surface area contributed by atoms with Crippen molar-refractivity contribution in [2.75, 3.05) is 11.9 Å². The Hall–Kier alpha value is -3.14. The normalized spacial score (nSPS) is 11.3. The Morgan fingerprint density at radius 2 is 1.79 bits per heavy atom. The standard InChI is InChI=1S/C19H17F3N4O2S/c1-2-9-23-17(27)25-18-24-15(12-3-5-14(6-4-12)19(20,21)22)16(29-18)13-7-10-26(28)11-8-13/h3-8,10-11H,2,9H2,1H3,(H2,23,24,25,27). The van der Waals surface area contributed by atoms with Gasteiger partial charge in [0, 0.05) is 29.8 Å². The maximum absolute atomic E-state index is 12.9. The molecule has 6 nitrogen and oxygen atoms in total. The molecule has 0 aliphatic carbocycles. The number of urea groups is 1. The number of nitrogens with zero attached hydrogens (tertiary/aromatic N) is 2. The third kappa shape index (κ3) is 5.02. The van der Waals surface area contributed by atoms with Crippen LogP contribution < -0.4 is 15.4 Å². The molecule has 2 amide bonds. The van der Waals surface area contributed by atoms with Crippen molar-refractivity contribution >= 4 is 22.5 Å². The number of carbonyl (C=O) groups is 1. The predicted octanol–water partition coefficient (Wildman–Crippen LogP) is 4.66. The molecule has 2 heterocycles. The molecule has 0 aliphatic rings. The Balaban J connectivity index is 1.99. The lowest BCUT2D eigenvalue weighted by Gasteiger charge is -2.07. The molecule has 1 aromatic carbocycles. The molecular formula is C19H17F3N4O2S. The molecule has 0 radical (unpaired) electrons. The Labute approximate surface area is 168 Å². The minimum absolute atomic E-state index is 0.294. The maximum Gasteiger partial charge on any atom is 0.416 e. The molecule has 0 aliphatic heterocycles. The van der Waals surface area contributed by atoms with Gasteiger partial charge in [-0.05, 0) is 18.6 Å². The van der Waals surface area contributed by atoms with E-state index < -0.39 is 17.8 Å². The second-order valence-corrected chi connectivity index (χ2v) is 7.10. The first-order valence-electron chi connectivity index (χ1n) is 8.70. The number of hydrogen-bond acceptors (Lipinski definition) is 4. The van der Waals surface area contributed by atoms with Crippen molar-refractivity contribution < 1.29 is 22.7 Å². The van der Waals surface area contributed by atoms with Gasteiger partial charge in [0.1, 0.15) is 0 Å². The smallest absolute Gasteiger partial charge is 0.416 e. The molecule has 2 aromatic heterocycles. The minimum atomic E-state index is -4.44. The van der Waals surface area contributed by atoms with E-state index in [0.717, 1.165) is 18.6 Å². The number of amides is 2. The van der Waals surface area contributed by atoms with Crippen LogP contribution in [0.4, 0.5) is 23.1 Å². The number of benzene rings is 1. The summed E-state index contributed by atoms with van der Waals surface area (Å²) in [5.41, 5.74) is 0.775. The summed E-state index contributed by atoms with van der Waals surface area (Å²) in [7, 11) is 0. The summed E-state index contributed by atoms with van der Waals surface area (Å²) in [6.45, 7) is 2.42. The lowest BCUT2D eigenvalue weighted by molar-refractivity contribution is -0.605. The molecule has 0 unspecified atom stereocenters. The number of anilines is 1. The van der Waals surface area contributed by atoms with Gasteiger partial charge in [-0.2, -0.15) is 17.9 Å². The SMILES string of the molecule is CCCNC(=O)Nc1nc(-c2ccc(C(F)(F)F)cc2)c(-c2cc[n+]([O-])cc2)s1. The number of aromatic nitrogens is 2. The summed E-state index contributed by atoms with van der Waals surface area (Å²) >= 11 is 1.17. The minimum Gasteiger partial charge on any atom is -0.619 e. The molecule has 0 saturated carbocycles. The van der Waals surface area contributed by atoms with Crippen molar-refractivity contribution in [2.45, 2.75) is 19.5 Å². The zero-order valence-corrected chi connectivity index (χ0v) is 16.1. The van der Waals surface area contributed by atoms with Crippen molar-refractivity contribution in [3.8, 4) is 21.7 Å². The van der Waals surface area contributed by atoms with Gasteiger partial charge >= 0.3 is 12.2 Å². The summed E-state index contributed by atoms with van der Waals surface area (Å²) in [6.07, 6.45) is -1.04. The molecule has 29 heavy (non-hydrogen) atoms. The van der Waals surface area contributed by atoms with Gasteiger partial charge in [-0.1, -0.05) is 30.4 Å². The van der Waals surface area contributed by atoms with Crippen molar-refractivity contribution in [1.29, 1.82) is 0 Å². The average molecular weight is 422 g/mol. The van der Waals surface area contributed by atoms with Gasteiger partial charge in [-0.25, -0.2) is 9.78 Å². The van der Waals surface area contributed by atoms with Crippen LogP contribution in [-0.2, 0) is 6.18 Å². The molecule has 0 saturated heterocycles. The molecular weight excluding hydrogens is 405 g/mol. The number of thiazole rings is 1. The quantitative estimate of drug-likeness (QED) is 0.464. The topological polar surface area (TPSA) is 81.0 Å². The van der Waals surface area contributed by atoms with Crippen molar-refractivity contribution in [1.82, 2.24) is 10.3 Å². The maximum atomic E-state index is 12.9. The number of carbonyl (C=O) groups excluding carboxylic acids is 1. The van der Waals surface area contributed by atoms with E-state index in [-0.39, 0.29) is 0 Å². The fourth-order valence-electron chi connectivity index (χ4n) is 2.53. The largest absolute Gasteiger partial charge is 0.619 e. The fourth-order valence-corrected chi connectivity index (χ4v) is 3.51. The van der Waals surface area contributed by atoms with Crippen LogP contribution in [0.5, 0.6) is 0 Å². The van der Waals surface area contributed by atoms with Crippen LogP contribution in [0.25, 0.3) is 21.7 Å². The van der Waals surface area contributed by atoms with E-state index in [2.05, 4.69) is 15.6 Å². The van der Waals surface area contributed by atoms with Gasteiger partial charge in [0.25, 0.3) is 0 Å². The Kier molecular flexibility index (Phi) is 6.02. The van der Waals surface area contributed by atoms with Crippen molar-refractivity contribution in [3.05, 3.63) is 59.6 Å². The van der Waals surface area contributed by atoms with Crippen LogP contribution in [0.3, 0.4) is 0 Å². The van der Waals surface area contributed by atoms with Crippen LogP contribution in [0.15, 0.2) is 48.8 Å². The molecule has 2 N–H and O–H groups in total. The summed E-state index contributed by atoms with van der Waals surface area (Å²) in [6, 6.07) is 7.37. The van der Waals surface area contributed by atoms with Gasteiger partial charge in [0.2, 0.25) is 0 Å². The van der Waals surface area contributed by atoms with E-state index in [0.29, 0.717) is 38.1 Å². The third-order valence-corrected chi connectivity index (χ3v) is 4.95. The summed E-state index contributed by atoms with van der Waals surface area (Å²) < 4.78 is 39.2. The lowest BCUT2D eigenvalue weighted by Crippen LogP contribution is -2.29. The van der Waals surface area contributed by atoms with E-state index in [4.69, 9.17) is 0 Å². The molecule has 3 rings (SSSR count). The van der Waals surface area contributed by atoms with Gasteiger partial charge in [0.05, 0.1) is 16.1 Å². The summed E-state index contributed by atoms with van der Waals surface area (Å²) in [4.78, 5) is 17.0. The number of rotatable bonds is 5. The van der Waals surface area contributed by atoms with Crippen molar-refractivity contribution in [3.63, 3.8) is 0 Å². The first kappa shape index (κ1) is 20.6. The van der Waals surface area contributed by atoms with E-state index in [1.807, 2.05) is 6.92 Å². The van der Waals surface area contributed by atoms with Crippen LogP contribution >= 0.6 is 11.3 Å². The molecule has 0 fully saturated rings. The Morgan fingerprint density at radius 3 is 2.38 bits per heavy atom. The van der Waals surface area contributed by atoms with Crippen molar-refractivity contribution in [2.24, 2.45) is 0 Å². The average Bonchev–Trinajstić information content (AvgIpc) is 3.10. The number of nitrogens with one attached hydrogen (secondary N) is 2. The number of halogens is 3. The zero-order chi connectivity index (χ0) is 21.0. The molecule has 0 bridgehead atoms. The number of alkyl halides is 3. The molecule has 0 atom stereocenters. The summed E-state index contributed by atoms with van der Waals surface area (Å²) in [5, 5.41) is 16.9. The first-order valence-corrected chi connectivity index (χ1v) is 9.52. The lowest BCUT2D eigenvalue weighted by atomic mass is 10.1. The van der Waals surface area contributed by atoms with E-state index >= 15 is 0 Å². The Morgan fingerprint density at radius 1 is 1.14 bits per heavy atom. The van der Waals surface area contributed by atoms with Gasteiger partial charge in [-0.3, -0.25) is 5.32 Å². The molecule has 0 spiro atoms. The highest BCUT2D eigenvalue weighted by Crippen LogP contribution is 2.39. The highest BCUT2D eigenvalue weighted by atomic mass is 32.1. The first-order chi connectivity index (χ1) is 13.8. The van der Waals surface area contributed by atoms with Gasteiger partial charge in [0.15, 0.2) is 17.5 Å². The third-order valence-electron chi connectivity index (χ3n) is 3.93. The van der Waals surface area contributed by atoms with Crippen LogP contribution in [0, 0.1) is 5.21 Å². The second kappa shape index (κ2) is 8.48.